The minimum absolute atomic E-state index is 0.187. The molecule has 17 heavy (non-hydrogen) atoms. The van der Waals surface area contributed by atoms with Gasteiger partial charge in [-0.25, -0.2) is 0 Å². The van der Waals surface area contributed by atoms with E-state index in [4.69, 9.17) is 5.73 Å². The molecule has 0 unspecified atom stereocenters. The number of hydrogen-bond acceptors (Lipinski definition) is 2. The van der Waals surface area contributed by atoms with Crippen molar-refractivity contribution in [1.82, 2.24) is 0 Å². The SMILES string of the molecule is N[C@H]1CSCc2ccc(-c3ccccc3)cc21. The van der Waals surface area contributed by atoms with Gasteiger partial charge < -0.3 is 5.73 Å². The molecule has 0 radical (unpaired) electrons. The summed E-state index contributed by atoms with van der Waals surface area (Å²) in [6, 6.07) is 17.4. The summed E-state index contributed by atoms with van der Waals surface area (Å²) in [4.78, 5) is 0. The Kier molecular flexibility index (Phi) is 2.91. The number of benzene rings is 2. The van der Waals surface area contributed by atoms with Crippen molar-refractivity contribution in [2.45, 2.75) is 11.8 Å². The van der Waals surface area contributed by atoms with Crippen molar-refractivity contribution >= 4 is 11.8 Å². The second kappa shape index (κ2) is 4.55. The lowest BCUT2D eigenvalue weighted by Crippen LogP contribution is -2.18. The summed E-state index contributed by atoms with van der Waals surface area (Å²) >= 11 is 1.92. The molecule has 1 heterocycles. The maximum Gasteiger partial charge on any atom is 0.0390 e. The first-order valence-corrected chi connectivity index (χ1v) is 7.01. The van der Waals surface area contributed by atoms with Gasteiger partial charge in [-0.15, -0.1) is 0 Å². The standard InChI is InChI=1S/C15H15NS/c16-15-10-17-9-13-7-6-12(8-14(13)15)11-4-2-1-3-5-11/h1-8,15H,9-10,16H2/t15-/m0/s1. The van der Waals surface area contributed by atoms with Gasteiger partial charge >= 0.3 is 0 Å². The summed E-state index contributed by atoms with van der Waals surface area (Å²) in [6.07, 6.45) is 0. The smallest absolute Gasteiger partial charge is 0.0390 e. The van der Waals surface area contributed by atoms with Crippen molar-refractivity contribution in [3.8, 4) is 11.1 Å². The van der Waals surface area contributed by atoms with Crippen molar-refractivity contribution in [2.24, 2.45) is 5.73 Å². The van der Waals surface area contributed by atoms with Crippen LogP contribution in [0.15, 0.2) is 48.5 Å². The summed E-state index contributed by atoms with van der Waals surface area (Å²) in [7, 11) is 0. The summed E-state index contributed by atoms with van der Waals surface area (Å²) < 4.78 is 0. The topological polar surface area (TPSA) is 26.0 Å². The van der Waals surface area contributed by atoms with Gasteiger partial charge in [-0.1, -0.05) is 42.5 Å². The number of hydrogen-bond donors (Lipinski definition) is 1. The molecule has 0 spiro atoms. The van der Waals surface area contributed by atoms with Crippen LogP contribution in [0.4, 0.5) is 0 Å². The van der Waals surface area contributed by atoms with Crippen LogP contribution in [0.2, 0.25) is 0 Å². The zero-order valence-electron chi connectivity index (χ0n) is 9.60. The van der Waals surface area contributed by atoms with Crippen LogP contribution >= 0.6 is 11.8 Å². The zero-order chi connectivity index (χ0) is 11.7. The van der Waals surface area contributed by atoms with Crippen molar-refractivity contribution in [1.29, 1.82) is 0 Å². The molecule has 1 aliphatic rings. The molecule has 2 heteroatoms. The fourth-order valence-corrected chi connectivity index (χ4v) is 3.30. The lowest BCUT2D eigenvalue weighted by atomic mass is 9.96. The van der Waals surface area contributed by atoms with Gasteiger partial charge in [0.2, 0.25) is 0 Å². The molecule has 0 saturated heterocycles. The van der Waals surface area contributed by atoms with Gasteiger partial charge in [0.15, 0.2) is 0 Å². The molecule has 2 aromatic carbocycles. The van der Waals surface area contributed by atoms with Gasteiger partial charge in [-0.3, -0.25) is 0 Å². The summed E-state index contributed by atoms with van der Waals surface area (Å²) in [5.74, 6) is 2.13. The predicted octanol–water partition coefficient (Wildman–Crippen LogP) is 3.60. The summed E-state index contributed by atoms with van der Waals surface area (Å²) in [5.41, 5.74) is 11.4. The third kappa shape index (κ3) is 2.11. The molecular weight excluding hydrogens is 226 g/mol. The molecule has 3 rings (SSSR count). The molecule has 1 nitrogen and oxygen atoms in total. The zero-order valence-corrected chi connectivity index (χ0v) is 10.4. The van der Waals surface area contributed by atoms with Crippen LogP contribution in [0.25, 0.3) is 11.1 Å². The maximum absolute atomic E-state index is 6.17. The Bertz CT molecular complexity index is 522. The first-order chi connectivity index (χ1) is 8.34. The van der Waals surface area contributed by atoms with E-state index in [-0.39, 0.29) is 6.04 Å². The molecular formula is C15H15NS. The Labute approximate surface area is 106 Å². The van der Waals surface area contributed by atoms with Gasteiger partial charge in [-0.2, -0.15) is 11.8 Å². The van der Waals surface area contributed by atoms with Crippen LogP contribution in [-0.4, -0.2) is 5.75 Å². The molecule has 0 bridgehead atoms. The quantitative estimate of drug-likeness (QED) is 0.825. The molecule has 2 aromatic rings. The Balaban J connectivity index is 2.06. The van der Waals surface area contributed by atoms with Gasteiger partial charge in [0, 0.05) is 17.5 Å². The Hall–Kier alpha value is -1.25. The first kappa shape index (κ1) is 10.9. The van der Waals surface area contributed by atoms with E-state index in [1.807, 2.05) is 17.8 Å². The average molecular weight is 241 g/mol. The van der Waals surface area contributed by atoms with E-state index in [9.17, 15) is 0 Å². The normalized spacial score (nSPS) is 18.8. The Morgan fingerprint density at radius 3 is 2.65 bits per heavy atom. The van der Waals surface area contributed by atoms with Crippen molar-refractivity contribution in [2.75, 3.05) is 5.75 Å². The van der Waals surface area contributed by atoms with Crippen LogP contribution < -0.4 is 5.73 Å². The van der Waals surface area contributed by atoms with E-state index in [1.54, 1.807) is 0 Å². The maximum atomic E-state index is 6.17. The molecule has 0 amide bonds. The Morgan fingerprint density at radius 2 is 1.82 bits per heavy atom. The van der Waals surface area contributed by atoms with Gasteiger partial charge in [0.05, 0.1) is 0 Å². The molecule has 0 aliphatic carbocycles. The third-order valence-electron chi connectivity index (χ3n) is 3.21. The van der Waals surface area contributed by atoms with E-state index >= 15 is 0 Å². The summed E-state index contributed by atoms with van der Waals surface area (Å²) in [6.45, 7) is 0. The van der Waals surface area contributed by atoms with Crippen molar-refractivity contribution in [3.05, 3.63) is 59.7 Å². The first-order valence-electron chi connectivity index (χ1n) is 5.86. The van der Waals surface area contributed by atoms with Crippen molar-refractivity contribution < 1.29 is 0 Å². The van der Waals surface area contributed by atoms with Gasteiger partial charge in [0.25, 0.3) is 0 Å². The fourth-order valence-electron chi connectivity index (χ4n) is 2.27. The minimum Gasteiger partial charge on any atom is -0.323 e. The number of nitrogens with two attached hydrogens (primary N) is 1. The predicted molar refractivity (Wildman–Crippen MR) is 75.0 cm³/mol. The van der Waals surface area contributed by atoms with Crippen molar-refractivity contribution in [3.63, 3.8) is 0 Å². The highest BCUT2D eigenvalue weighted by atomic mass is 32.2. The van der Waals surface area contributed by atoms with E-state index in [2.05, 4.69) is 42.5 Å². The van der Waals surface area contributed by atoms with Crippen LogP contribution in [0, 0.1) is 0 Å². The molecule has 2 N–H and O–H groups in total. The minimum atomic E-state index is 0.187. The lowest BCUT2D eigenvalue weighted by Gasteiger charge is -2.22. The van der Waals surface area contributed by atoms with Crippen LogP contribution in [0.1, 0.15) is 17.2 Å². The molecule has 1 atom stereocenters. The van der Waals surface area contributed by atoms with E-state index in [0.29, 0.717) is 0 Å². The molecule has 86 valence electrons. The summed E-state index contributed by atoms with van der Waals surface area (Å²) in [5, 5.41) is 0. The molecule has 0 fully saturated rings. The van der Waals surface area contributed by atoms with E-state index < -0.39 is 0 Å². The van der Waals surface area contributed by atoms with Gasteiger partial charge in [-0.05, 0) is 28.3 Å². The molecule has 0 saturated carbocycles. The van der Waals surface area contributed by atoms with Crippen LogP contribution in [0.5, 0.6) is 0 Å². The second-order valence-corrected chi connectivity index (χ2v) is 5.43. The van der Waals surface area contributed by atoms with Crippen LogP contribution in [0.3, 0.4) is 0 Å². The molecule has 0 aromatic heterocycles. The van der Waals surface area contributed by atoms with E-state index in [1.165, 1.54) is 22.3 Å². The van der Waals surface area contributed by atoms with Gasteiger partial charge in [0.1, 0.15) is 0 Å². The Morgan fingerprint density at radius 1 is 1.00 bits per heavy atom. The monoisotopic (exact) mass is 241 g/mol. The number of fused-ring (bicyclic) bond motifs is 1. The molecule has 1 aliphatic heterocycles. The highest BCUT2D eigenvalue weighted by Crippen LogP contribution is 2.33. The number of rotatable bonds is 1. The average Bonchev–Trinajstić information content (AvgIpc) is 2.40. The number of thioether (sulfide) groups is 1. The highest BCUT2D eigenvalue weighted by Gasteiger charge is 2.17. The largest absolute Gasteiger partial charge is 0.323 e. The second-order valence-electron chi connectivity index (χ2n) is 4.40. The lowest BCUT2D eigenvalue weighted by molar-refractivity contribution is 0.810. The highest BCUT2D eigenvalue weighted by molar-refractivity contribution is 7.98. The van der Waals surface area contributed by atoms with E-state index in [0.717, 1.165) is 11.5 Å². The third-order valence-corrected chi connectivity index (χ3v) is 4.32. The van der Waals surface area contributed by atoms with Crippen LogP contribution in [-0.2, 0) is 5.75 Å². The fraction of sp³-hybridized carbons (Fsp3) is 0.200.